The highest BCUT2D eigenvalue weighted by Gasteiger charge is 2.21. The van der Waals surface area contributed by atoms with E-state index in [9.17, 15) is 4.79 Å². The van der Waals surface area contributed by atoms with Crippen LogP contribution in [0.5, 0.6) is 5.75 Å². The Kier molecular flexibility index (Phi) is 5.33. The zero-order chi connectivity index (χ0) is 20.2. The number of nitrogen functional groups attached to an aromatic ring is 1. The van der Waals surface area contributed by atoms with Crippen LogP contribution in [0, 0.1) is 0 Å². The SMILES string of the molecule is COc1cccc(-n2nc(NC3C=CC(N4CCOCC4)=CC3=C=O)nc2N)c1. The maximum Gasteiger partial charge on any atom is 0.245 e. The molecule has 1 unspecified atom stereocenters. The lowest BCUT2D eigenvalue weighted by Gasteiger charge is -2.31. The van der Waals surface area contributed by atoms with Crippen LogP contribution in [0.4, 0.5) is 11.9 Å². The lowest BCUT2D eigenvalue weighted by Crippen LogP contribution is -2.36. The van der Waals surface area contributed by atoms with Gasteiger partial charge in [0.15, 0.2) is 0 Å². The van der Waals surface area contributed by atoms with Gasteiger partial charge in [-0.1, -0.05) is 12.1 Å². The normalized spacial score (nSPS) is 18.9. The summed E-state index contributed by atoms with van der Waals surface area (Å²) in [7, 11) is 1.60. The summed E-state index contributed by atoms with van der Waals surface area (Å²) in [4.78, 5) is 18.0. The molecule has 0 saturated carbocycles. The third-order valence-corrected chi connectivity index (χ3v) is 4.81. The minimum absolute atomic E-state index is 0.224. The van der Waals surface area contributed by atoms with Crippen molar-refractivity contribution in [1.29, 1.82) is 0 Å². The Morgan fingerprint density at radius 2 is 2.17 bits per heavy atom. The summed E-state index contributed by atoms with van der Waals surface area (Å²) >= 11 is 0. The molecule has 0 bridgehead atoms. The summed E-state index contributed by atoms with van der Waals surface area (Å²) in [5, 5.41) is 7.55. The van der Waals surface area contributed by atoms with Crippen LogP contribution in [-0.2, 0) is 9.53 Å². The van der Waals surface area contributed by atoms with Gasteiger partial charge in [0.2, 0.25) is 11.9 Å². The van der Waals surface area contributed by atoms with E-state index < -0.39 is 6.04 Å². The first-order valence-corrected chi connectivity index (χ1v) is 9.29. The van der Waals surface area contributed by atoms with Gasteiger partial charge in [-0.15, -0.1) is 5.10 Å². The molecule has 9 heteroatoms. The Labute approximate surface area is 168 Å². The maximum absolute atomic E-state index is 11.5. The molecule has 3 N–H and O–H groups in total. The van der Waals surface area contributed by atoms with Gasteiger partial charge >= 0.3 is 0 Å². The van der Waals surface area contributed by atoms with Gasteiger partial charge in [0.05, 0.1) is 37.6 Å². The van der Waals surface area contributed by atoms with Crippen molar-refractivity contribution < 1.29 is 14.3 Å². The van der Waals surface area contributed by atoms with E-state index in [0.717, 1.165) is 24.5 Å². The first kappa shape index (κ1) is 18.8. The van der Waals surface area contributed by atoms with Crippen LogP contribution >= 0.6 is 0 Å². The molecule has 2 aliphatic rings. The number of benzene rings is 1. The van der Waals surface area contributed by atoms with Gasteiger partial charge in [-0.2, -0.15) is 9.67 Å². The number of allylic oxidation sites excluding steroid dienone is 1. The molecule has 9 nitrogen and oxygen atoms in total. The van der Waals surface area contributed by atoms with E-state index in [1.54, 1.807) is 7.11 Å². The molecule has 4 rings (SSSR count). The molecule has 0 amide bonds. The standard InChI is InChI=1S/C20H22N6O3/c1-28-17-4-2-3-16(12-17)26-19(21)23-20(24-26)22-18-6-5-15(11-14(18)13-27)25-7-9-29-10-8-25/h2-6,11-12,18H,7-10H2,1H3,(H3,21,22,23,24). The van der Waals surface area contributed by atoms with Crippen LogP contribution in [-0.4, -0.2) is 65.1 Å². The highest BCUT2D eigenvalue weighted by atomic mass is 16.5. The molecule has 1 atom stereocenters. The smallest absolute Gasteiger partial charge is 0.245 e. The second kappa shape index (κ2) is 8.22. The van der Waals surface area contributed by atoms with Crippen LogP contribution < -0.4 is 15.8 Å². The lowest BCUT2D eigenvalue weighted by molar-refractivity contribution is 0.0553. The van der Waals surface area contributed by atoms with E-state index >= 15 is 0 Å². The van der Waals surface area contributed by atoms with Crippen LogP contribution in [0.2, 0.25) is 0 Å². The van der Waals surface area contributed by atoms with Crippen molar-refractivity contribution in [3.8, 4) is 11.4 Å². The van der Waals surface area contributed by atoms with Crippen LogP contribution in [0.25, 0.3) is 5.69 Å². The third kappa shape index (κ3) is 4.01. The fourth-order valence-corrected chi connectivity index (χ4v) is 3.29. The minimum atomic E-state index is -0.391. The van der Waals surface area contributed by atoms with E-state index in [-0.39, 0.29) is 5.95 Å². The van der Waals surface area contributed by atoms with Crippen molar-refractivity contribution in [3.63, 3.8) is 0 Å². The number of carbonyl (C=O) groups excluding carboxylic acids is 1. The number of rotatable bonds is 5. The number of morpholine rings is 1. The number of nitrogens with zero attached hydrogens (tertiary/aromatic N) is 4. The Morgan fingerprint density at radius 1 is 1.34 bits per heavy atom. The molecular formula is C20H22N6O3. The maximum atomic E-state index is 11.5. The fourth-order valence-electron chi connectivity index (χ4n) is 3.29. The van der Waals surface area contributed by atoms with Gasteiger partial charge in [-0.05, 0) is 24.3 Å². The molecule has 1 aromatic carbocycles. The summed E-state index contributed by atoms with van der Waals surface area (Å²) in [5.41, 5.74) is 8.21. The Balaban J connectivity index is 1.52. The third-order valence-electron chi connectivity index (χ3n) is 4.81. The highest BCUT2D eigenvalue weighted by Crippen LogP contribution is 2.23. The van der Waals surface area contributed by atoms with Crippen molar-refractivity contribution in [3.05, 3.63) is 53.8 Å². The Hall–Kier alpha value is -3.55. The summed E-state index contributed by atoms with van der Waals surface area (Å²) in [6, 6.07) is 6.95. The van der Waals surface area contributed by atoms with E-state index in [2.05, 4.69) is 20.3 Å². The van der Waals surface area contributed by atoms with Crippen molar-refractivity contribution in [2.45, 2.75) is 6.04 Å². The zero-order valence-electron chi connectivity index (χ0n) is 16.0. The molecule has 2 heterocycles. The summed E-state index contributed by atoms with van der Waals surface area (Å²) < 4.78 is 12.1. The number of aromatic nitrogens is 3. The second-order valence-corrected chi connectivity index (χ2v) is 6.61. The quantitative estimate of drug-likeness (QED) is 0.728. The summed E-state index contributed by atoms with van der Waals surface area (Å²) in [5.74, 6) is 3.25. The second-order valence-electron chi connectivity index (χ2n) is 6.61. The average Bonchev–Trinajstić information content (AvgIpc) is 3.14. The lowest BCUT2D eigenvalue weighted by atomic mass is 10.0. The first-order valence-electron chi connectivity index (χ1n) is 9.29. The molecule has 0 spiro atoms. The van der Waals surface area contributed by atoms with Gasteiger partial charge in [0.25, 0.3) is 0 Å². The number of hydrogen-bond donors (Lipinski definition) is 2. The van der Waals surface area contributed by atoms with Crippen molar-refractivity contribution >= 4 is 17.8 Å². The number of ether oxygens (including phenoxy) is 2. The van der Waals surface area contributed by atoms with E-state index in [0.29, 0.717) is 30.5 Å². The molecule has 1 aromatic heterocycles. The highest BCUT2D eigenvalue weighted by molar-refractivity contribution is 5.65. The van der Waals surface area contributed by atoms with Crippen molar-refractivity contribution in [2.75, 3.05) is 44.5 Å². The molecule has 0 radical (unpaired) electrons. The number of nitrogens with two attached hydrogens (primary N) is 1. The fraction of sp³-hybridized carbons (Fsp3) is 0.300. The molecule has 1 aliphatic heterocycles. The first-order chi connectivity index (χ1) is 14.2. The van der Waals surface area contributed by atoms with Gasteiger partial charge in [-0.25, -0.2) is 4.79 Å². The van der Waals surface area contributed by atoms with E-state index in [1.165, 1.54) is 4.68 Å². The molecule has 29 heavy (non-hydrogen) atoms. The molecule has 1 fully saturated rings. The molecular weight excluding hydrogens is 372 g/mol. The Bertz CT molecular complexity index is 999. The topological polar surface area (TPSA) is 108 Å². The van der Waals surface area contributed by atoms with Crippen LogP contribution in [0.3, 0.4) is 0 Å². The largest absolute Gasteiger partial charge is 0.497 e. The zero-order valence-corrected chi connectivity index (χ0v) is 16.0. The van der Waals surface area contributed by atoms with Crippen LogP contribution in [0.15, 0.2) is 53.8 Å². The number of nitrogens with one attached hydrogen (secondary N) is 1. The van der Waals surface area contributed by atoms with Gasteiger partial charge < -0.3 is 25.4 Å². The van der Waals surface area contributed by atoms with Crippen molar-refractivity contribution in [2.24, 2.45) is 0 Å². The molecule has 1 saturated heterocycles. The van der Waals surface area contributed by atoms with Gasteiger partial charge in [-0.3, -0.25) is 0 Å². The number of methoxy groups -OCH3 is 1. The number of hydrogen-bond acceptors (Lipinski definition) is 8. The predicted octanol–water partition coefficient (Wildman–Crippen LogP) is 1.18. The predicted molar refractivity (Wildman–Crippen MR) is 109 cm³/mol. The van der Waals surface area contributed by atoms with Crippen LogP contribution in [0.1, 0.15) is 0 Å². The molecule has 2 aromatic rings. The summed E-state index contributed by atoms with van der Waals surface area (Å²) in [6.45, 7) is 2.95. The van der Waals surface area contributed by atoms with E-state index in [1.807, 2.05) is 48.4 Å². The minimum Gasteiger partial charge on any atom is -0.497 e. The van der Waals surface area contributed by atoms with E-state index in [4.69, 9.17) is 15.2 Å². The van der Waals surface area contributed by atoms with Gasteiger partial charge in [0.1, 0.15) is 11.7 Å². The Morgan fingerprint density at radius 3 is 2.93 bits per heavy atom. The molecule has 1 aliphatic carbocycles. The summed E-state index contributed by atoms with van der Waals surface area (Å²) in [6.07, 6.45) is 5.71. The average molecular weight is 394 g/mol. The van der Waals surface area contributed by atoms with Gasteiger partial charge in [0, 0.05) is 24.9 Å². The van der Waals surface area contributed by atoms with Crippen molar-refractivity contribution in [1.82, 2.24) is 19.7 Å². The molecule has 150 valence electrons. The number of anilines is 2. The monoisotopic (exact) mass is 394 g/mol.